The Labute approximate surface area is 94.2 Å². The topological polar surface area (TPSA) is 98.7 Å². The number of carbonyl (C=O) groups is 2. The van der Waals surface area contributed by atoms with Gasteiger partial charge in [-0.1, -0.05) is 6.08 Å². The van der Waals surface area contributed by atoms with Crippen molar-refractivity contribution < 1.29 is 14.3 Å². The molecule has 1 fully saturated rings. The number of amides is 2. The van der Waals surface area contributed by atoms with Crippen LogP contribution >= 0.6 is 0 Å². The molecule has 1 heterocycles. The second kappa shape index (κ2) is 5.62. The number of ether oxygens (including phenoxy) is 1. The van der Waals surface area contributed by atoms with Crippen LogP contribution in [-0.4, -0.2) is 48.6 Å². The smallest absolute Gasteiger partial charge is 0.242 e. The van der Waals surface area contributed by atoms with Gasteiger partial charge in [-0.2, -0.15) is 0 Å². The molecule has 0 aliphatic carbocycles. The summed E-state index contributed by atoms with van der Waals surface area (Å²) in [6.45, 7) is 4.40. The van der Waals surface area contributed by atoms with Crippen molar-refractivity contribution in [3.8, 4) is 0 Å². The lowest BCUT2D eigenvalue weighted by atomic mass is 10.1. The number of nitrogens with zero attached hydrogens (tertiary/aromatic N) is 1. The summed E-state index contributed by atoms with van der Waals surface area (Å²) in [5, 5.41) is 0. The third kappa shape index (κ3) is 2.80. The molecule has 2 amide bonds. The van der Waals surface area contributed by atoms with E-state index >= 15 is 0 Å². The summed E-state index contributed by atoms with van der Waals surface area (Å²) in [5.74, 6) is -0.856. The number of hydrogen-bond donors (Lipinski definition) is 2. The second-order valence-corrected chi connectivity index (χ2v) is 3.66. The van der Waals surface area contributed by atoms with Gasteiger partial charge in [-0.05, 0) is 6.42 Å². The van der Waals surface area contributed by atoms with Gasteiger partial charge >= 0.3 is 0 Å². The Kier molecular flexibility index (Phi) is 4.45. The Balaban J connectivity index is 2.70. The van der Waals surface area contributed by atoms with E-state index in [1.54, 1.807) is 6.08 Å². The number of hydrogen-bond acceptors (Lipinski definition) is 4. The second-order valence-electron chi connectivity index (χ2n) is 3.66. The average Bonchev–Trinajstić information content (AvgIpc) is 2.28. The molecule has 4 N–H and O–H groups in total. The molecule has 1 rings (SSSR count). The Morgan fingerprint density at radius 2 is 2.31 bits per heavy atom. The van der Waals surface area contributed by atoms with Crippen molar-refractivity contribution in [2.75, 3.05) is 19.8 Å². The Bertz CT molecular complexity index is 293. The number of morpholine rings is 1. The maximum absolute atomic E-state index is 11.9. The van der Waals surface area contributed by atoms with E-state index in [-0.39, 0.29) is 12.5 Å². The van der Waals surface area contributed by atoms with Crippen LogP contribution in [0, 0.1) is 0 Å². The van der Waals surface area contributed by atoms with Crippen LogP contribution in [0.2, 0.25) is 0 Å². The molecule has 1 aliphatic rings. The van der Waals surface area contributed by atoms with Crippen LogP contribution in [0.15, 0.2) is 12.7 Å². The van der Waals surface area contributed by atoms with Crippen LogP contribution < -0.4 is 11.5 Å². The third-order valence-corrected chi connectivity index (χ3v) is 2.48. The molecule has 90 valence electrons. The molecule has 2 unspecified atom stereocenters. The van der Waals surface area contributed by atoms with Gasteiger partial charge in [-0.15, -0.1) is 6.58 Å². The number of rotatable bonds is 4. The average molecular weight is 227 g/mol. The maximum atomic E-state index is 11.9. The van der Waals surface area contributed by atoms with Crippen molar-refractivity contribution in [1.29, 1.82) is 0 Å². The Morgan fingerprint density at radius 1 is 1.62 bits per heavy atom. The maximum Gasteiger partial charge on any atom is 0.242 e. The highest BCUT2D eigenvalue weighted by molar-refractivity contribution is 5.89. The molecule has 0 radical (unpaired) electrons. The van der Waals surface area contributed by atoms with Crippen LogP contribution in [0.5, 0.6) is 0 Å². The van der Waals surface area contributed by atoms with E-state index in [0.29, 0.717) is 19.6 Å². The van der Waals surface area contributed by atoms with Gasteiger partial charge in [0.2, 0.25) is 11.8 Å². The zero-order valence-corrected chi connectivity index (χ0v) is 9.09. The van der Waals surface area contributed by atoms with Gasteiger partial charge < -0.3 is 21.1 Å². The first kappa shape index (κ1) is 12.7. The van der Waals surface area contributed by atoms with Crippen molar-refractivity contribution in [3.63, 3.8) is 0 Å². The highest BCUT2D eigenvalue weighted by Crippen LogP contribution is 2.09. The normalized spacial score (nSPS) is 22.6. The molecular formula is C10H17N3O3. The van der Waals surface area contributed by atoms with E-state index in [9.17, 15) is 9.59 Å². The van der Waals surface area contributed by atoms with E-state index in [1.165, 1.54) is 4.90 Å². The molecule has 6 heteroatoms. The van der Waals surface area contributed by atoms with E-state index in [2.05, 4.69) is 6.58 Å². The number of nitrogens with two attached hydrogens (primary N) is 2. The summed E-state index contributed by atoms with van der Waals surface area (Å²) in [5.41, 5.74) is 10.9. The lowest BCUT2D eigenvalue weighted by Gasteiger charge is -2.34. The fourth-order valence-corrected chi connectivity index (χ4v) is 1.60. The van der Waals surface area contributed by atoms with Gasteiger partial charge in [-0.3, -0.25) is 9.59 Å². The van der Waals surface area contributed by atoms with Crippen LogP contribution in [0.3, 0.4) is 0 Å². The molecule has 0 aromatic rings. The van der Waals surface area contributed by atoms with Crippen LogP contribution in [-0.2, 0) is 14.3 Å². The lowest BCUT2D eigenvalue weighted by Crippen LogP contribution is -2.58. The molecule has 0 saturated carbocycles. The van der Waals surface area contributed by atoms with E-state index in [0.717, 1.165) is 0 Å². The van der Waals surface area contributed by atoms with Gasteiger partial charge in [0.05, 0.1) is 19.3 Å². The number of primary amides is 1. The first-order valence-electron chi connectivity index (χ1n) is 5.12. The molecule has 0 aromatic carbocycles. The minimum absolute atomic E-state index is 0.141. The summed E-state index contributed by atoms with van der Waals surface area (Å²) in [6.07, 6.45) is 1.95. The molecule has 1 aliphatic heterocycles. The van der Waals surface area contributed by atoms with Crippen LogP contribution in [0.25, 0.3) is 0 Å². The fraction of sp³-hybridized carbons (Fsp3) is 0.600. The molecule has 6 nitrogen and oxygen atoms in total. The molecule has 2 atom stereocenters. The number of carbonyl (C=O) groups excluding carboxylic acids is 2. The van der Waals surface area contributed by atoms with Gasteiger partial charge in [0.1, 0.15) is 6.04 Å². The summed E-state index contributed by atoms with van der Waals surface area (Å²) in [6, 6.07) is -1.38. The largest absolute Gasteiger partial charge is 0.377 e. The Hall–Kier alpha value is -1.40. The third-order valence-electron chi connectivity index (χ3n) is 2.48. The van der Waals surface area contributed by atoms with E-state index < -0.39 is 18.0 Å². The van der Waals surface area contributed by atoms with Crippen LogP contribution in [0.1, 0.15) is 6.42 Å². The summed E-state index contributed by atoms with van der Waals surface area (Å²) >= 11 is 0. The van der Waals surface area contributed by atoms with Gasteiger partial charge in [0.25, 0.3) is 0 Å². The molecule has 0 aromatic heterocycles. The summed E-state index contributed by atoms with van der Waals surface area (Å²) < 4.78 is 5.11. The molecule has 16 heavy (non-hydrogen) atoms. The monoisotopic (exact) mass is 227 g/mol. The van der Waals surface area contributed by atoms with Crippen molar-refractivity contribution in [3.05, 3.63) is 12.7 Å². The van der Waals surface area contributed by atoms with Crippen molar-refractivity contribution in [2.24, 2.45) is 11.5 Å². The van der Waals surface area contributed by atoms with Gasteiger partial charge in [0.15, 0.2) is 0 Å². The predicted molar refractivity (Wildman–Crippen MR) is 58.3 cm³/mol. The van der Waals surface area contributed by atoms with Crippen molar-refractivity contribution >= 4 is 11.8 Å². The first-order valence-corrected chi connectivity index (χ1v) is 5.12. The molecule has 0 spiro atoms. The van der Waals surface area contributed by atoms with Crippen molar-refractivity contribution in [2.45, 2.75) is 18.5 Å². The highest BCUT2D eigenvalue weighted by atomic mass is 16.5. The summed E-state index contributed by atoms with van der Waals surface area (Å²) in [7, 11) is 0. The van der Waals surface area contributed by atoms with Gasteiger partial charge in [-0.25, -0.2) is 0 Å². The SMILES string of the molecule is C=CCC(N)C(=O)N1CCOCC1C(N)=O. The molecular weight excluding hydrogens is 210 g/mol. The molecule has 0 bridgehead atoms. The van der Waals surface area contributed by atoms with Crippen LogP contribution in [0.4, 0.5) is 0 Å². The molecule has 1 saturated heterocycles. The zero-order chi connectivity index (χ0) is 12.1. The van der Waals surface area contributed by atoms with Crippen molar-refractivity contribution in [1.82, 2.24) is 4.90 Å². The van der Waals surface area contributed by atoms with E-state index in [1.807, 2.05) is 0 Å². The highest BCUT2D eigenvalue weighted by Gasteiger charge is 2.33. The van der Waals surface area contributed by atoms with E-state index in [4.69, 9.17) is 16.2 Å². The minimum atomic E-state index is -0.711. The first-order chi connectivity index (χ1) is 7.57. The summed E-state index contributed by atoms with van der Waals surface area (Å²) in [4.78, 5) is 24.4. The fourth-order valence-electron chi connectivity index (χ4n) is 1.60. The standard InChI is InChI=1S/C10H17N3O3/c1-2-3-7(11)10(15)13-4-5-16-6-8(13)9(12)14/h2,7-8H,1,3-6,11H2,(H2,12,14). The lowest BCUT2D eigenvalue weighted by molar-refractivity contribution is -0.148. The van der Waals surface area contributed by atoms with Gasteiger partial charge in [0, 0.05) is 6.54 Å². The predicted octanol–water partition coefficient (Wildman–Crippen LogP) is -1.40. The quantitative estimate of drug-likeness (QED) is 0.577. The minimum Gasteiger partial charge on any atom is -0.377 e. The zero-order valence-electron chi connectivity index (χ0n) is 9.09. The Morgan fingerprint density at radius 3 is 2.88 bits per heavy atom.